The molecule has 0 fully saturated rings. The van der Waals surface area contributed by atoms with Crippen LogP contribution in [0, 0.1) is 6.92 Å². The van der Waals surface area contributed by atoms with Crippen molar-refractivity contribution in [2.24, 2.45) is 0 Å². The summed E-state index contributed by atoms with van der Waals surface area (Å²) in [5.74, 6) is 0. The minimum absolute atomic E-state index is 0.802. The van der Waals surface area contributed by atoms with Gasteiger partial charge in [-0.3, -0.25) is 4.98 Å². The number of hydrogen-bond acceptors (Lipinski definition) is 2. The largest absolute Gasteiger partial charge is 0.386 e. The standard InChI is InChI=1S/C16H19NO/c1-10-7-8-14-12(9-10)15(16(2,3)18)11-5-4-6-13(11)17-14/h7-9,18H,4-6H2,1-3H3. The molecule has 0 spiro atoms. The Morgan fingerprint density at radius 2 is 2.00 bits per heavy atom. The second-order valence-corrected chi connectivity index (χ2v) is 5.85. The van der Waals surface area contributed by atoms with Crippen LogP contribution in [0.4, 0.5) is 0 Å². The van der Waals surface area contributed by atoms with E-state index in [4.69, 9.17) is 4.98 Å². The van der Waals surface area contributed by atoms with Gasteiger partial charge in [0.25, 0.3) is 0 Å². The van der Waals surface area contributed by atoms with Gasteiger partial charge in [-0.2, -0.15) is 0 Å². The van der Waals surface area contributed by atoms with Gasteiger partial charge in [0.1, 0.15) is 0 Å². The van der Waals surface area contributed by atoms with Crippen molar-refractivity contribution < 1.29 is 5.11 Å². The van der Waals surface area contributed by atoms with E-state index < -0.39 is 5.60 Å². The Morgan fingerprint density at radius 1 is 1.22 bits per heavy atom. The minimum atomic E-state index is -0.802. The maximum Gasteiger partial charge on any atom is 0.0850 e. The zero-order chi connectivity index (χ0) is 12.9. The van der Waals surface area contributed by atoms with E-state index in [1.807, 2.05) is 13.8 Å². The van der Waals surface area contributed by atoms with Gasteiger partial charge in [0.2, 0.25) is 0 Å². The third-order valence-corrected chi connectivity index (χ3v) is 3.78. The Balaban J connectivity index is 2.44. The number of aromatic nitrogens is 1. The van der Waals surface area contributed by atoms with Crippen molar-refractivity contribution in [2.75, 3.05) is 0 Å². The van der Waals surface area contributed by atoms with Crippen molar-refractivity contribution in [1.29, 1.82) is 0 Å². The number of benzene rings is 1. The fourth-order valence-electron chi connectivity index (χ4n) is 3.07. The fraction of sp³-hybridized carbons (Fsp3) is 0.438. The summed E-state index contributed by atoms with van der Waals surface area (Å²) in [5, 5.41) is 11.6. The van der Waals surface area contributed by atoms with Crippen LogP contribution in [0.5, 0.6) is 0 Å². The first-order chi connectivity index (χ1) is 8.47. The van der Waals surface area contributed by atoms with Crippen LogP contribution in [0.1, 0.15) is 42.7 Å². The van der Waals surface area contributed by atoms with E-state index in [0.717, 1.165) is 35.7 Å². The van der Waals surface area contributed by atoms with E-state index in [2.05, 4.69) is 25.1 Å². The summed E-state index contributed by atoms with van der Waals surface area (Å²) < 4.78 is 0. The second kappa shape index (κ2) is 3.79. The molecule has 3 rings (SSSR count). The summed E-state index contributed by atoms with van der Waals surface area (Å²) in [5.41, 5.74) is 4.97. The number of aryl methyl sites for hydroxylation is 2. The Bertz CT molecular complexity index is 623. The van der Waals surface area contributed by atoms with Gasteiger partial charge in [-0.15, -0.1) is 0 Å². The monoisotopic (exact) mass is 241 g/mol. The molecule has 1 aliphatic carbocycles. The molecule has 2 heteroatoms. The Kier molecular flexibility index (Phi) is 2.46. The molecular weight excluding hydrogens is 222 g/mol. The van der Waals surface area contributed by atoms with E-state index >= 15 is 0 Å². The highest BCUT2D eigenvalue weighted by atomic mass is 16.3. The lowest BCUT2D eigenvalue weighted by molar-refractivity contribution is 0.0792. The van der Waals surface area contributed by atoms with Crippen LogP contribution >= 0.6 is 0 Å². The Morgan fingerprint density at radius 3 is 2.72 bits per heavy atom. The summed E-state index contributed by atoms with van der Waals surface area (Å²) in [7, 11) is 0. The molecule has 1 aliphatic rings. The normalized spacial score (nSPS) is 15.1. The maximum absolute atomic E-state index is 10.5. The number of hydrogen-bond donors (Lipinski definition) is 1. The van der Waals surface area contributed by atoms with Crippen molar-refractivity contribution in [3.05, 3.63) is 40.6 Å². The van der Waals surface area contributed by atoms with Crippen LogP contribution in [0.3, 0.4) is 0 Å². The number of aliphatic hydroxyl groups is 1. The van der Waals surface area contributed by atoms with Gasteiger partial charge < -0.3 is 5.11 Å². The van der Waals surface area contributed by atoms with Gasteiger partial charge in [-0.25, -0.2) is 0 Å². The first-order valence-electron chi connectivity index (χ1n) is 6.62. The molecule has 0 radical (unpaired) electrons. The first kappa shape index (κ1) is 11.7. The van der Waals surface area contributed by atoms with Crippen molar-refractivity contribution >= 4 is 10.9 Å². The molecule has 0 aliphatic heterocycles. The molecule has 1 N–H and O–H groups in total. The Hall–Kier alpha value is -1.41. The van der Waals surface area contributed by atoms with Gasteiger partial charge in [-0.1, -0.05) is 11.6 Å². The van der Waals surface area contributed by atoms with E-state index in [1.54, 1.807) is 0 Å². The van der Waals surface area contributed by atoms with Gasteiger partial charge in [0.15, 0.2) is 0 Å². The highest BCUT2D eigenvalue weighted by Crippen LogP contribution is 2.36. The average molecular weight is 241 g/mol. The second-order valence-electron chi connectivity index (χ2n) is 5.85. The van der Waals surface area contributed by atoms with E-state index in [1.165, 1.54) is 16.8 Å². The van der Waals surface area contributed by atoms with E-state index in [9.17, 15) is 5.11 Å². The summed E-state index contributed by atoms with van der Waals surface area (Å²) in [6.07, 6.45) is 3.24. The molecule has 0 saturated heterocycles. The molecular formula is C16H19NO. The molecule has 0 amide bonds. The molecule has 2 aromatic rings. The molecule has 0 atom stereocenters. The van der Waals surface area contributed by atoms with E-state index in [0.29, 0.717) is 0 Å². The van der Waals surface area contributed by atoms with Crippen LogP contribution in [0.25, 0.3) is 10.9 Å². The molecule has 0 bridgehead atoms. The number of fused-ring (bicyclic) bond motifs is 2. The molecule has 0 unspecified atom stereocenters. The predicted molar refractivity (Wildman–Crippen MR) is 73.7 cm³/mol. The molecule has 2 nitrogen and oxygen atoms in total. The summed E-state index contributed by atoms with van der Waals surface area (Å²) in [6.45, 7) is 5.84. The lowest BCUT2D eigenvalue weighted by Crippen LogP contribution is -2.19. The number of rotatable bonds is 1. The first-order valence-corrected chi connectivity index (χ1v) is 6.62. The molecule has 1 aromatic carbocycles. The maximum atomic E-state index is 10.5. The van der Waals surface area contributed by atoms with Crippen molar-refractivity contribution in [1.82, 2.24) is 4.98 Å². The molecule has 0 saturated carbocycles. The van der Waals surface area contributed by atoms with Gasteiger partial charge in [-0.05, 0) is 63.3 Å². The topological polar surface area (TPSA) is 33.1 Å². The highest BCUT2D eigenvalue weighted by Gasteiger charge is 2.28. The van der Waals surface area contributed by atoms with Crippen LogP contribution in [-0.2, 0) is 18.4 Å². The zero-order valence-corrected chi connectivity index (χ0v) is 11.2. The highest BCUT2D eigenvalue weighted by molar-refractivity contribution is 5.85. The predicted octanol–water partition coefficient (Wildman–Crippen LogP) is 3.26. The van der Waals surface area contributed by atoms with Crippen LogP contribution in [0.15, 0.2) is 18.2 Å². The number of pyridine rings is 1. The minimum Gasteiger partial charge on any atom is -0.386 e. The van der Waals surface area contributed by atoms with Gasteiger partial charge in [0.05, 0.1) is 11.1 Å². The van der Waals surface area contributed by atoms with Crippen molar-refractivity contribution in [3.63, 3.8) is 0 Å². The summed E-state index contributed by atoms with van der Waals surface area (Å²) in [6, 6.07) is 6.30. The lowest BCUT2D eigenvalue weighted by Gasteiger charge is -2.24. The van der Waals surface area contributed by atoms with Crippen LogP contribution in [-0.4, -0.2) is 10.1 Å². The third kappa shape index (κ3) is 1.72. The quantitative estimate of drug-likeness (QED) is 0.831. The Labute approximate surface area is 108 Å². The van der Waals surface area contributed by atoms with Crippen molar-refractivity contribution in [2.45, 2.75) is 45.6 Å². The number of nitrogens with zero attached hydrogens (tertiary/aromatic N) is 1. The van der Waals surface area contributed by atoms with Crippen LogP contribution < -0.4 is 0 Å². The lowest BCUT2D eigenvalue weighted by atomic mass is 9.88. The SMILES string of the molecule is Cc1ccc2nc3c(c(C(C)(C)O)c2c1)CCC3. The van der Waals surface area contributed by atoms with Crippen LogP contribution in [0.2, 0.25) is 0 Å². The van der Waals surface area contributed by atoms with E-state index in [-0.39, 0.29) is 0 Å². The molecule has 18 heavy (non-hydrogen) atoms. The fourth-order valence-corrected chi connectivity index (χ4v) is 3.07. The van der Waals surface area contributed by atoms with Gasteiger partial charge in [0, 0.05) is 11.1 Å². The zero-order valence-electron chi connectivity index (χ0n) is 11.2. The summed E-state index contributed by atoms with van der Waals surface area (Å²) in [4.78, 5) is 4.76. The third-order valence-electron chi connectivity index (χ3n) is 3.78. The molecule has 1 aromatic heterocycles. The average Bonchev–Trinajstić information content (AvgIpc) is 2.71. The molecule has 94 valence electrons. The smallest absolute Gasteiger partial charge is 0.0850 e. The summed E-state index contributed by atoms with van der Waals surface area (Å²) >= 11 is 0. The van der Waals surface area contributed by atoms with Gasteiger partial charge >= 0.3 is 0 Å². The van der Waals surface area contributed by atoms with Crippen molar-refractivity contribution in [3.8, 4) is 0 Å². The molecule has 1 heterocycles.